The van der Waals surface area contributed by atoms with Crippen LogP contribution in [0.5, 0.6) is 5.75 Å². The molecule has 2 aromatic carbocycles. The number of nitrogens with two attached hydrogens (primary N) is 1. The topological polar surface area (TPSA) is 35.2 Å². The third-order valence-corrected chi connectivity index (χ3v) is 3.67. The molecule has 0 aliphatic carbocycles. The van der Waals surface area contributed by atoms with Gasteiger partial charge in [0.25, 0.3) is 0 Å². The van der Waals surface area contributed by atoms with E-state index in [1.807, 2.05) is 55.5 Å². The highest BCUT2D eigenvalue weighted by molar-refractivity contribution is 6.31. The number of hydrogen-bond acceptors (Lipinski definition) is 2. The normalized spacial score (nSPS) is 13.8. The third kappa shape index (κ3) is 2.97. The van der Waals surface area contributed by atoms with Crippen molar-refractivity contribution in [2.75, 3.05) is 6.61 Å². The molecule has 2 nitrogen and oxygen atoms in total. The molecule has 0 aliphatic rings. The van der Waals surface area contributed by atoms with E-state index < -0.39 is 5.54 Å². The molecule has 2 aromatic rings. The second-order valence-electron chi connectivity index (χ2n) is 5.03. The monoisotopic (exact) mass is 289 g/mol. The lowest BCUT2D eigenvalue weighted by molar-refractivity contribution is 0.309. The van der Waals surface area contributed by atoms with Gasteiger partial charge in [0.05, 0.1) is 12.1 Å². The number of hydrogen-bond donors (Lipinski definition) is 1. The minimum absolute atomic E-state index is 0.669. The smallest absolute Gasteiger partial charge is 0.124 e. The van der Waals surface area contributed by atoms with E-state index in [4.69, 9.17) is 22.1 Å². The molecule has 2 N–H and O–H groups in total. The minimum Gasteiger partial charge on any atom is -0.493 e. The first-order chi connectivity index (χ1) is 9.57. The Morgan fingerprint density at radius 3 is 2.30 bits per heavy atom. The van der Waals surface area contributed by atoms with Crippen LogP contribution in [0.25, 0.3) is 0 Å². The molecular weight excluding hydrogens is 270 g/mol. The highest BCUT2D eigenvalue weighted by Gasteiger charge is 2.28. The van der Waals surface area contributed by atoms with E-state index >= 15 is 0 Å². The quantitative estimate of drug-likeness (QED) is 0.888. The van der Waals surface area contributed by atoms with E-state index in [1.54, 1.807) is 0 Å². The van der Waals surface area contributed by atoms with Crippen LogP contribution in [0.4, 0.5) is 0 Å². The van der Waals surface area contributed by atoms with Gasteiger partial charge >= 0.3 is 0 Å². The maximum Gasteiger partial charge on any atom is 0.124 e. The predicted octanol–water partition coefficient (Wildman–Crippen LogP) is 4.35. The van der Waals surface area contributed by atoms with Gasteiger partial charge in [0.15, 0.2) is 0 Å². The summed E-state index contributed by atoms with van der Waals surface area (Å²) >= 11 is 6.29. The summed E-state index contributed by atoms with van der Waals surface area (Å²) in [5, 5.41) is 0.669. The van der Waals surface area contributed by atoms with E-state index in [0.29, 0.717) is 11.6 Å². The van der Waals surface area contributed by atoms with Crippen LogP contribution < -0.4 is 10.5 Å². The van der Waals surface area contributed by atoms with Crippen molar-refractivity contribution in [3.63, 3.8) is 0 Å². The van der Waals surface area contributed by atoms with Crippen molar-refractivity contribution < 1.29 is 4.74 Å². The van der Waals surface area contributed by atoms with Crippen LogP contribution >= 0.6 is 11.6 Å². The zero-order valence-electron chi connectivity index (χ0n) is 11.9. The summed E-state index contributed by atoms with van der Waals surface area (Å²) in [6, 6.07) is 15.5. The zero-order chi connectivity index (χ0) is 14.6. The second kappa shape index (κ2) is 6.29. The standard InChI is InChI=1S/C17H20ClNO/c1-3-12-20-16-11-7-5-9-14(16)17(2,19)13-8-4-6-10-15(13)18/h4-11H,3,12,19H2,1-2H3. The molecule has 0 heterocycles. The first kappa shape index (κ1) is 14.9. The van der Waals surface area contributed by atoms with Gasteiger partial charge in [0.2, 0.25) is 0 Å². The Bertz CT molecular complexity index is 581. The van der Waals surface area contributed by atoms with E-state index in [0.717, 1.165) is 23.3 Å². The highest BCUT2D eigenvalue weighted by Crippen LogP contribution is 2.36. The van der Waals surface area contributed by atoms with Gasteiger partial charge in [-0.2, -0.15) is 0 Å². The molecule has 0 radical (unpaired) electrons. The average Bonchev–Trinajstić information content (AvgIpc) is 2.45. The molecular formula is C17H20ClNO. The van der Waals surface area contributed by atoms with Gasteiger partial charge in [-0.25, -0.2) is 0 Å². The van der Waals surface area contributed by atoms with Crippen molar-refractivity contribution in [3.05, 3.63) is 64.7 Å². The van der Waals surface area contributed by atoms with Crippen molar-refractivity contribution in [1.29, 1.82) is 0 Å². The lowest BCUT2D eigenvalue weighted by Crippen LogP contribution is -2.35. The van der Waals surface area contributed by atoms with Gasteiger partial charge in [-0.05, 0) is 31.0 Å². The zero-order valence-corrected chi connectivity index (χ0v) is 12.7. The Labute approximate surface area is 125 Å². The van der Waals surface area contributed by atoms with Gasteiger partial charge in [-0.3, -0.25) is 0 Å². The molecule has 0 saturated carbocycles. The van der Waals surface area contributed by atoms with Crippen molar-refractivity contribution in [2.45, 2.75) is 25.8 Å². The molecule has 20 heavy (non-hydrogen) atoms. The SMILES string of the molecule is CCCOc1ccccc1C(C)(N)c1ccccc1Cl. The molecule has 0 bridgehead atoms. The number of halogens is 1. The summed E-state index contributed by atoms with van der Waals surface area (Å²) in [6.45, 7) is 4.72. The van der Waals surface area contributed by atoms with Crippen LogP contribution in [0.3, 0.4) is 0 Å². The molecule has 1 unspecified atom stereocenters. The van der Waals surface area contributed by atoms with Crippen molar-refractivity contribution in [3.8, 4) is 5.75 Å². The lowest BCUT2D eigenvalue weighted by Gasteiger charge is -2.29. The van der Waals surface area contributed by atoms with E-state index in [-0.39, 0.29) is 0 Å². The van der Waals surface area contributed by atoms with Crippen LogP contribution in [-0.4, -0.2) is 6.61 Å². The molecule has 1 atom stereocenters. The Morgan fingerprint density at radius 1 is 1.05 bits per heavy atom. The summed E-state index contributed by atoms with van der Waals surface area (Å²) in [4.78, 5) is 0. The van der Waals surface area contributed by atoms with Crippen molar-refractivity contribution in [1.82, 2.24) is 0 Å². The maximum atomic E-state index is 6.57. The highest BCUT2D eigenvalue weighted by atomic mass is 35.5. The summed E-state index contributed by atoms with van der Waals surface area (Å²) in [5.74, 6) is 0.819. The average molecular weight is 290 g/mol. The van der Waals surface area contributed by atoms with Gasteiger partial charge in [0, 0.05) is 10.6 Å². The fourth-order valence-electron chi connectivity index (χ4n) is 2.26. The van der Waals surface area contributed by atoms with Crippen molar-refractivity contribution in [2.24, 2.45) is 5.73 Å². The molecule has 0 amide bonds. The van der Waals surface area contributed by atoms with Crippen LogP contribution in [0, 0.1) is 0 Å². The van der Waals surface area contributed by atoms with Gasteiger partial charge in [-0.15, -0.1) is 0 Å². The van der Waals surface area contributed by atoms with E-state index in [9.17, 15) is 0 Å². The maximum absolute atomic E-state index is 6.57. The summed E-state index contributed by atoms with van der Waals surface area (Å²) in [6.07, 6.45) is 0.960. The molecule has 0 aliphatic heterocycles. The van der Waals surface area contributed by atoms with Gasteiger partial charge in [0.1, 0.15) is 5.75 Å². The number of rotatable bonds is 5. The second-order valence-corrected chi connectivity index (χ2v) is 5.43. The molecule has 0 saturated heterocycles. The molecule has 3 heteroatoms. The molecule has 0 fully saturated rings. The van der Waals surface area contributed by atoms with E-state index in [2.05, 4.69) is 6.92 Å². The van der Waals surface area contributed by atoms with E-state index in [1.165, 1.54) is 0 Å². The van der Waals surface area contributed by atoms with Gasteiger partial charge < -0.3 is 10.5 Å². The van der Waals surface area contributed by atoms with Crippen LogP contribution in [-0.2, 0) is 5.54 Å². The fourth-order valence-corrected chi connectivity index (χ4v) is 2.59. The Kier molecular flexibility index (Phi) is 4.69. The summed E-state index contributed by atoms with van der Waals surface area (Å²) in [7, 11) is 0. The van der Waals surface area contributed by atoms with Crippen LogP contribution in [0.2, 0.25) is 5.02 Å². The Balaban J connectivity index is 2.46. The molecule has 0 aromatic heterocycles. The van der Waals surface area contributed by atoms with Crippen molar-refractivity contribution >= 4 is 11.6 Å². The Morgan fingerprint density at radius 2 is 1.65 bits per heavy atom. The number of benzene rings is 2. The first-order valence-corrected chi connectivity index (χ1v) is 7.21. The summed E-state index contributed by atoms with van der Waals surface area (Å²) < 4.78 is 5.81. The Hall–Kier alpha value is -1.51. The fraction of sp³-hybridized carbons (Fsp3) is 0.294. The number of ether oxygens (including phenoxy) is 1. The van der Waals surface area contributed by atoms with Gasteiger partial charge in [-0.1, -0.05) is 54.9 Å². The van der Waals surface area contributed by atoms with Crippen LogP contribution in [0.15, 0.2) is 48.5 Å². The predicted molar refractivity (Wildman–Crippen MR) is 84.3 cm³/mol. The summed E-state index contributed by atoms with van der Waals surface area (Å²) in [5.41, 5.74) is 7.72. The largest absolute Gasteiger partial charge is 0.493 e. The first-order valence-electron chi connectivity index (χ1n) is 6.83. The lowest BCUT2D eigenvalue weighted by atomic mass is 9.85. The minimum atomic E-state index is -0.692. The molecule has 2 rings (SSSR count). The third-order valence-electron chi connectivity index (χ3n) is 3.34. The van der Waals surface area contributed by atoms with Crippen LogP contribution in [0.1, 0.15) is 31.4 Å². The molecule has 106 valence electrons. The molecule has 0 spiro atoms. The number of para-hydroxylation sites is 1.